The lowest BCUT2D eigenvalue weighted by Gasteiger charge is -2.10. The van der Waals surface area contributed by atoms with Crippen LogP contribution < -0.4 is 0 Å². The zero-order valence-electron chi connectivity index (χ0n) is 9.38. The predicted molar refractivity (Wildman–Crippen MR) is 70.7 cm³/mol. The highest BCUT2D eigenvalue weighted by molar-refractivity contribution is 7.98. The number of hydrogen-bond donors (Lipinski definition) is 1. The van der Waals surface area contributed by atoms with E-state index in [1.165, 1.54) is 0 Å². The molecule has 3 heteroatoms. The summed E-state index contributed by atoms with van der Waals surface area (Å²) < 4.78 is 0. The van der Waals surface area contributed by atoms with Crippen molar-refractivity contribution in [1.82, 2.24) is 0 Å². The van der Waals surface area contributed by atoms with Crippen molar-refractivity contribution in [2.24, 2.45) is 0 Å². The first-order valence-electron chi connectivity index (χ1n) is 5.18. The Labute approximate surface area is 104 Å². The van der Waals surface area contributed by atoms with Crippen LogP contribution in [0.1, 0.15) is 10.4 Å². The van der Waals surface area contributed by atoms with Crippen molar-refractivity contribution in [2.75, 3.05) is 6.26 Å². The van der Waals surface area contributed by atoms with Crippen LogP contribution in [0.25, 0.3) is 11.1 Å². The first kappa shape index (κ1) is 11.7. The highest BCUT2D eigenvalue weighted by atomic mass is 32.2. The highest BCUT2D eigenvalue weighted by Gasteiger charge is 2.10. The average molecular weight is 244 g/mol. The topological polar surface area (TPSA) is 37.3 Å². The molecule has 0 aromatic heterocycles. The maximum Gasteiger partial charge on any atom is 0.153 e. The summed E-state index contributed by atoms with van der Waals surface area (Å²) in [6.07, 6.45) is 2.65. The smallest absolute Gasteiger partial charge is 0.153 e. The summed E-state index contributed by atoms with van der Waals surface area (Å²) in [7, 11) is 0. The number of para-hydroxylation sites is 1. The molecule has 2 aromatic carbocycles. The van der Waals surface area contributed by atoms with Gasteiger partial charge in [-0.3, -0.25) is 4.79 Å². The Bertz CT molecular complexity index is 550. The Balaban J connectivity index is 2.64. The molecule has 0 fully saturated rings. The number of rotatable bonds is 3. The van der Waals surface area contributed by atoms with E-state index >= 15 is 0 Å². The molecule has 2 nitrogen and oxygen atoms in total. The zero-order chi connectivity index (χ0) is 12.3. The minimum absolute atomic E-state index is 0.0454. The quantitative estimate of drug-likeness (QED) is 0.662. The highest BCUT2D eigenvalue weighted by Crippen LogP contribution is 2.36. The molecule has 0 radical (unpaired) electrons. The third-order valence-electron chi connectivity index (χ3n) is 2.59. The zero-order valence-corrected chi connectivity index (χ0v) is 10.2. The van der Waals surface area contributed by atoms with E-state index in [0.717, 1.165) is 10.5 Å². The van der Waals surface area contributed by atoms with Crippen LogP contribution in [0.15, 0.2) is 47.4 Å². The maximum atomic E-state index is 10.8. The van der Waals surface area contributed by atoms with Gasteiger partial charge in [0.25, 0.3) is 0 Å². The first-order valence-corrected chi connectivity index (χ1v) is 6.41. The lowest BCUT2D eigenvalue weighted by molar-refractivity contribution is 0.112. The number of thioether (sulfide) groups is 1. The summed E-state index contributed by atoms with van der Waals surface area (Å²) in [5, 5.41) is 10.0. The molecule has 0 saturated heterocycles. The molecule has 0 spiro atoms. The molecule has 0 unspecified atom stereocenters. The van der Waals surface area contributed by atoms with E-state index in [2.05, 4.69) is 0 Å². The van der Waals surface area contributed by atoms with E-state index in [0.29, 0.717) is 17.4 Å². The van der Waals surface area contributed by atoms with Gasteiger partial charge in [-0.05, 0) is 24.0 Å². The van der Waals surface area contributed by atoms with Crippen molar-refractivity contribution in [3.8, 4) is 16.9 Å². The van der Waals surface area contributed by atoms with Crippen LogP contribution in [0.4, 0.5) is 0 Å². The van der Waals surface area contributed by atoms with Gasteiger partial charge in [-0.15, -0.1) is 11.8 Å². The normalized spacial score (nSPS) is 10.2. The molecule has 1 N–H and O–H groups in total. The van der Waals surface area contributed by atoms with Gasteiger partial charge >= 0.3 is 0 Å². The van der Waals surface area contributed by atoms with E-state index < -0.39 is 0 Å². The minimum atomic E-state index is 0.0454. The molecule has 0 heterocycles. The van der Waals surface area contributed by atoms with Crippen molar-refractivity contribution >= 4 is 18.0 Å². The average Bonchev–Trinajstić information content (AvgIpc) is 2.39. The van der Waals surface area contributed by atoms with Gasteiger partial charge in [0.1, 0.15) is 5.75 Å². The second kappa shape index (κ2) is 5.06. The standard InChI is InChI=1S/C14H12O2S/c1-17-13-8-3-2-6-11(13)12-7-4-5-10(9-15)14(12)16/h2-9,16H,1H3. The van der Waals surface area contributed by atoms with Gasteiger partial charge in [0.2, 0.25) is 0 Å². The van der Waals surface area contributed by atoms with Gasteiger partial charge in [-0.25, -0.2) is 0 Å². The molecule has 0 aliphatic rings. The molecule has 0 amide bonds. The number of hydrogen-bond acceptors (Lipinski definition) is 3. The lowest BCUT2D eigenvalue weighted by atomic mass is 10.0. The molecule has 0 aliphatic heterocycles. The number of phenols is 1. The molecule has 2 rings (SSSR count). The van der Waals surface area contributed by atoms with Crippen molar-refractivity contribution in [1.29, 1.82) is 0 Å². The second-order valence-corrected chi connectivity index (χ2v) is 4.41. The van der Waals surface area contributed by atoms with Crippen LogP contribution >= 0.6 is 11.8 Å². The van der Waals surface area contributed by atoms with Crippen LogP contribution in [0, 0.1) is 0 Å². The molecule has 17 heavy (non-hydrogen) atoms. The second-order valence-electron chi connectivity index (χ2n) is 3.56. The Morgan fingerprint density at radius 2 is 1.76 bits per heavy atom. The number of benzene rings is 2. The fourth-order valence-electron chi connectivity index (χ4n) is 1.74. The minimum Gasteiger partial charge on any atom is -0.507 e. The number of aldehydes is 1. The van der Waals surface area contributed by atoms with Gasteiger partial charge in [0.05, 0.1) is 5.56 Å². The Hall–Kier alpha value is -1.74. The van der Waals surface area contributed by atoms with Crippen molar-refractivity contribution < 1.29 is 9.90 Å². The number of carbonyl (C=O) groups is 1. The summed E-state index contributed by atoms with van der Waals surface area (Å²) >= 11 is 1.61. The summed E-state index contributed by atoms with van der Waals surface area (Å²) in [4.78, 5) is 11.9. The van der Waals surface area contributed by atoms with Gasteiger partial charge < -0.3 is 5.11 Å². The number of carbonyl (C=O) groups excluding carboxylic acids is 1. The van der Waals surface area contributed by atoms with E-state index in [1.807, 2.05) is 36.6 Å². The monoisotopic (exact) mass is 244 g/mol. The van der Waals surface area contributed by atoms with E-state index in [1.54, 1.807) is 23.9 Å². The summed E-state index contributed by atoms with van der Waals surface area (Å²) in [5.41, 5.74) is 1.96. The van der Waals surface area contributed by atoms with Gasteiger partial charge in [-0.2, -0.15) is 0 Å². The van der Waals surface area contributed by atoms with Crippen LogP contribution in [-0.2, 0) is 0 Å². The van der Waals surface area contributed by atoms with E-state index in [4.69, 9.17) is 0 Å². The maximum absolute atomic E-state index is 10.8. The number of aromatic hydroxyl groups is 1. The van der Waals surface area contributed by atoms with Crippen molar-refractivity contribution in [2.45, 2.75) is 4.90 Å². The van der Waals surface area contributed by atoms with Gasteiger partial charge in [-0.1, -0.05) is 30.3 Å². The Morgan fingerprint density at radius 1 is 1.06 bits per heavy atom. The molecular formula is C14H12O2S. The van der Waals surface area contributed by atoms with Crippen molar-refractivity contribution in [3.63, 3.8) is 0 Å². The molecule has 86 valence electrons. The van der Waals surface area contributed by atoms with Crippen LogP contribution in [0.3, 0.4) is 0 Å². The van der Waals surface area contributed by atoms with E-state index in [9.17, 15) is 9.90 Å². The first-order chi connectivity index (χ1) is 8.27. The Kier molecular flexibility index (Phi) is 3.49. The molecule has 0 saturated carbocycles. The fourth-order valence-corrected chi connectivity index (χ4v) is 2.35. The van der Waals surface area contributed by atoms with Gasteiger partial charge in [0.15, 0.2) is 6.29 Å². The fraction of sp³-hybridized carbons (Fsp3) is 0.0714. The van der Waals surface area contributed by atoms with Crippen molar-refractivity contribution in [3.05, 3.63) is 48.0 Å². The van der Waals surface area contributed by atoms with E-state index in [-0.39, 0.29) is 5.75 Å². The number of phenolic OH excluding ortho intramolecular Hbond substituents is 1. The predicted octanol–water partition coefficient (Wildman–Crippen LogP) is 3.59. The molecule has 0 bridgehead atoms. The molecule has 0 aliphatic carbocycles. The summed E-state index contributed by atoms with van der Waals surface area (Å²) in [5.74, 6) is 0.0454. The molecule has 2 aromatic rings. The summed E-state index contributed by atoms with van der Waals surface area (Å²) in [6.45, 7) is 0. The summed E-state index contributed by atoms with van der Waals surface area (Å²) in [6, 6.07) is 13.0. The van der Waals surface area contributed by atoms with Gasteiger partial charge in [0, 0.05) is 10.5 Å². The third-order valence-corrected chi connectivity index (χ3v) is 3.39. The lowest BCUT2D eigenvalue weighted by Crippen LogP contribution is -1.87. The van der Waals surface area contributed by atoms with Crippen LogP contribution in [0.5, 0.6) is 5.75 Å². The van der Waals surface area contributed by atoms with Crippen LogP contribution in [0.2, 0.25) is 0 Å². The largest absolute Gasteiger partial charge is 0.507 e. The van der Waals surface area contributed by atoms with Crippen LogP contribution in [-0.4, -0.2) is 17.6 Å². The third kappa shape index (κ3) is 2.19. The Morgan fingerprint density at radius 3 is 2.47 bits per heavy atom. The molecule has 0 atom stereocenters. The SMILES string of the molecule is CSc1ccccc1-c1cccc(C=O)c1O. The molecular weight excluding hydrogens is 232 g/mol.